The van der Waals surface area contributed by atoms with Crippen LogP contribution in [0.4, 0.5) is 10.1 Å². The average Bonchev–Trinajstić information content (AvgIpc) is 2.45. The number of nitrogens with zero attached hydrogens (tertiary/aromatic N) is 1. The number of rotatable bonds is 4. The molecule has 0 aromatic heterocycles. The third kappa shape index (κ3) is 3.51. The van der Waals surface area contributed by atoms with Crippen molar-refractivity contribution in [3.05, 3.63) is 29.0 Å². The van der Waals surface area contributed by atoms with Gasteiger partial charge in [0.15, 0.2) is 0 Å². The number of piperazine rings is 1. The zero-order valence-electron chi connectivity index (χ0n) is 13.4. The van der Waals surface area contributed by atoms with E-state index in [9.17, 15) is 4.39 Å². The first-order chi connectivity index (χ1) is 9.90. The predicted octanol–water partition coefficient (Wildman–Crippen LogP) is 4.47. The summed E-state index contributed by atoms with van der Waals surface area (Å²) in [5, 5.41) is 4.19. The van der Waals surface area contributed by atoms with Crippen LogP contribution in [0, 0.1) is 11.7 Å². The van der Waals surface area contributed by atoms with Gasteiger partial charge in [-0.05, 0) is 37.0 Å². The Morgan fingerprint density at radius 1 is 1.33 bits per heavy atom. The molecule has 2 rings (SSSR count). The molecule has 0 aliphatic carbocycles. The van der Waals surface area contributed by atoms with Crippen LogP contribution in [0.5, 0.6) is 0 Å². The molecule has 118 valence electrons. The summed E-state index contributed by atoms with van der Waals surface area (Å²) in [7, 11) is 0. The summed E-state index contributed by atoms with van der Waals surface area (Å²) in [6.07, 6.45) is 2.13. The van der Waals surface area contributed by atoms with Gasteiger partial charge in [0.1, 0.15) is 5.82 Å². The van der Waals surface area contributed by atoms with E-state index in [0.29, 0.717) is 17.0 Å². The molecule has 0 saturated carbocycles. The molecule has 1 aliphatic heterocycles. The van der Waals surface area contributed by atoms with Crippen molar-refractivity contribution < 1.29 is 4.39 Å². The molecule has 1 saturated heterocycles. The van der Waals surface area contributed by atoms with Crippen molar-refractivity contribution in [2.24, 2.45) is 5.92 Å². The molecule has 1 aromatic carbocycles. The third-order valence-corrected chi connectivity index (χ3v) is 5.08. The molecule has 1 atom stereocenters. The first-order valence-corrected chi connectivity index (χ1v) is 8.26. The first-order valence-electron chi connectivity index (χ1n) is 7.88. The van der Waals surface area contributed by atoms with Crippen LogP contribution in [0.15, 0.2) is 18.2 Å². The predicted molar refractivity (Wildman–Crippen MR) is 88.7 cm³/mol. The van der Waals surface area contributed by atoms with Crippen LogP contribution in [0.2, 0.25) is 5.02 Å². The van der Waals surface area contributed by atoms with Crippen LogP contribution in [-0.2, 0) is 0 Å². The summed E-state index contributed by atoms with van der Waals surface area (Å²) in [6.45, 7) is 10.7. The molecule has 4 heteroatoms. The molecule has 0 amide bonds. The zero-order valence-corrected chi connectivity index (χ0v) is 14.2. The molecule has 21 heavy (non-hydrogen) atoms. The molecule has 1 unspecified atom stereocenters. The quantitative estimate of drug-likeness (QED) is 0.882. The molecular formula is C17H26ClFN2. The second kappa shape index (κ2) is 6.53. The standard InChI is InChI=1S/C17H26ClFN2/c1-5-17(6-2)11-21(16(10-20-17)12(3)4)15-8-13(18)7-14(19)9-15/h7-9,12,16,20H,5-6,10-11H2,1-4H3. The molecule has 1 aromatic rings. The minimum Gasteiger partial charge on any atom is -0.365 e. The van der Waals surface area contributed by atoms with Crippen molar-refractivity contribution in [1.29, 1.82) is 0 Å². The van der Waals surface area contributed by atoms with E-state index in [2.05, 4.69) is 37.9 Å². The molecular weight excluding hydrogens is 287 g/mol. The fourth-order valence-corrected chi connectivity index (χ4v) is 3.45. The summed E-state index contributed by atoms with van der Waals surface area (Å²) in [6, 6.07) is 5.20. The minimum atomic E-state index is -0.267. The molecule has 0 radical (unpaired) electrons. The molecule has 1 aliphatic rings. The summed E-state index contributed by atoms with van der Waals surface area (Å²) < 4.78 is 13.7. The van der Waals surface area contributed by atoms with Gasteiger partial charge in [0.25, 0.3) is 0 Å². The second-order valence-corrected chi connectivity index (χ2v) is 6.87. The largest absolute Gasteiger partial charge is 0.365 e. The van der Waals surface area contributed by atoms with Gasteiger partial charge >= 0.3 is 0 Å². The van der Waals surface area contributed by atoms with E-state index < -0.39 is 0 Å². The van der Waals surface area contributed by atoms with Crippen molar-refractivity contribution in [2.75, 3.05) is 18.0 Å². The summed E-state index contributed by atoms with van der Waals surface area (Å²) in [5.41, 5.74) is 0.996. The Bertz CT molecular complexity index is 465. The van der Waals surface area contributed by atoms with Crippen molar-refractivity contribution in [1.82, 2.24) is 5.32 Å². The Kier molecular flexibility index (Phi) is 5.15. The van der Waals surface area contributed by atoms with Gasteiger partial charge in [-0.3, -0.25) is 0 Å². The Morgan fingerprint density at radius 2 is 2.00 bits per heavy atom. The maximum Gasteiger partial charge on any atom is 0.126 e. The highest BCUT2D eigenvalue weighted by Crippen LogP contribution is 2.32. The number of nitrogens with one attached hydrogen (secondary N) is 1. The molecule has 1 heterocycles. The molecule has 1 fully saturated rings. The number of anilines is 1. The molecule has 0 bridgehead atoms. The van der Waals surface area contributed by atoms with Crippen molar-refractivity contribution in [3.63, 3.8) is 0 Å². The van der Waals surface area contributed by atoms with E-state index in [1.165, 1.54) is 6.07 Å². The maximum absolute atomic E-state index is 13.7. The van der Waals surface area contributed by atoms with Crippen LogP contribution >= 0.6 is 11.6 Å². The number of hydrogen-bond acceptors (Lipinski definition) is 2. The number of benzene rings is 1. The van der Waals surface area contributed by atoms with Crippen LogP contribution in [0.1, 0.15) is 40.5 Å². The van der Waals surface area contributed by atoms with E-state index in [1.807, 2.05) is 6.07 Å². The van der Waals surface area contributed by atoms with Gasteiger partial charge in [-0.25, -0.2) is 4.39 Å². The summed E-state index contributed by atoms with van der Waals surface area (Å²) in [5.74, 6) is 0.225. The fraction of sp³-hybridized carbons (Fsp3) is 0.647. The lowest BCUT2D eigenvalue weighted by atomic mass is 9.86. The van der Waals surface area contributed by atoms with E-state index in [0.717, 1.165) is 31.6 Å². The monoisotopic (exact) mass is 312 g/mol. The van der Waals surface area contributed by atoms with Gasteiger partial charge in [0.2, 0.25) is 0 Å². The maximum atomic E-state index is 13.7. The van der Waals surface area contributed by atoms with Crippen LogP contribution < -0.4 is 10.2 Å². The van der Waals surface area contributed by atoms with Gasteiger partial charge in [-0.15, -0.1) is 0 Å². The summed E-state index contributed by atoms with van der Waals surface area (Å²) in [4.78, 5) is 2.34. The van der Waals surface area contributed by atoms with Gasteiger partial charge in [-0.2, -0.15) is 0 Å². The Morgan fingerprint density at radius 3 is 2.52 bits per heavy atom. The van der Waals surface area contributed by atoms with Crippen molar-refractivity contribution >= 4 is 17.3 Å². The van der Waals surface area contributed by atoms with Gasteiger partial charge in [-0.1, -0.05) is 39.3 Å². The van der Waals surface area contributed by atoms with Crippen LogP contribution in [0.3, 0.4) is 0 Å². The van der Waals surface area contributed by atoms with E-state index in [-0.39, 0.29) is 11.4 Å². The third-order valence-electron chi connectivity index (χ3n) is 4.86. The second-order valence-electron chi connectivity index (χ2n) is 6.44. The van der Waals surface area contributed by atoms with Gasteiger partial charge in [0, 0.05) is 35.4 Å². The number of halogens is 2. The smallest absolute Gasteiger partial charge is 0.126 e. The Labute approximate surface area is 132 Å². The topological polar surface area (TPSA) is 15.3 Å². The van der Waals surface area contributed by atoms with E-state index >= 15 is 0 Å². The lowest BCUT2D eigenvalue weighted by molar-refractivity contribution is 0.227. The highest BCUT2D eigenvalue weighted by Gasteiger charge is 2.38. The number of hydrogen-bond donors (Lipinski definition) is 1. The van der Waals surface area contributed by atoms with Crippen LogP contribution in [-0.4, -0.2) is 24.7 Å². The van der Waals surface area contributed by atoms with Crippen LogP contribution in [0.25, 0.3) is 0 Å². The molecule has 0 spiro atoms. The molecule has 2 nitrogen and oxygen atoms in total. The van der Waals surface area contributed by atoms with Crippen molar-refractivity contribution in [3.8, 4) is 0 Å². The normalized spacial score (nSPS) is 21.9. The Hall–Kier alpha value is -0.800. The average molecular weight is 313 g/mol. The summed E-state index contributed by atoms with van der Waals surface area (Å²) >= 11 is 6.05. The highest BCUT2D eigenvalue weighted by atomic mass is 35.5. The highest BCUT2D eigenvalue weighted by molar-refractivity contribution is 6.30. The zero-order chi connectivity index (χ0) is 15.6. The first kappa shape index (κ1) is 16.6. The fourth-order valence-electron chi connectivity index (χ4n) is 3.24. The molecule has 1 N–H and O–H groups in total. The SMILES string of the molecule is CCC1(CC)CN(c2cc(F)cc(Cl)c2)C(C(C)C)CN1. The van der Waals surface area contributed by atoms with E-state index in [4.69, 9.17) is 11.6 Å². The van der Waals surface area contributed by atoms with Crippen molar-refractivity contribution in [2.45, 2.75) is 52.1 Å². The van der Waals surface area contributed by atoms with Gasteiger partial charge < -0.3 is 10.2 Å². The minimum absolute atomic E-state index is 0.101. The van der Waals surface area contributed by atoms with E-state index in [1.54, 1.807) is 6.07 Å². The lowest BCUT2D eigenvalue weighted by Gasteiger charge is -2.50. The lowest BCUT2D eigenvalue weighted by Crippen LogP contribution is -2.65. The Balaban J connectivity index is 2.37. The van der Waals surface area contributed by atoms with Gasteiger partial charge in [0.05, 0.1) is 0 Å².